The van der Waals surface area contributed by atoms with E-state index in [1.807, 2.05) is 6.07 Å². The molecule has 1 fully saturated rings. The van der Waals surface area contributed by atoms with Crippen molar-refractivity contribution >= 4 is 11.8 Å². The van der Waals surface area contributed by atoms with Crippen molar-refractivity contribution in [3.05, 3.63) is 36.2 Å². The van der Waals surface area contributed by atoms with Crippen LogP contribution in [-0.4, -0.2) is 50.0 Å². The normalized spacial score (nSPS) is 15.7. The molecule has 2 amide bonds. The van der Waals surface area contributed by atoms with Crippen molar-refractivity contribution < 1.29 is 9.59 Å². The molecule has 0 spiro atoms. The van der Waals surface area contributed by atoms with E-state index < -0.39 is 0 Å². The first-order chi connectivity index (χ1) is 10.7. The topological polar surface area (TPSA) is 107 Å². The number of primary amides is 1. The van der Waals surface area contributed by atoms with Gasteiger partial charge in [0.25, 0.3) is 5.91 Å². The predicted octanol–water partition coefficient (Wildman–Crippen LogP) is -0.000200. The first kappa shape index (κ1) is 14.2. The SMILES string of the molecule is NC(=O)C1CCN(C(=O)c2ccccc2-n2cnnn2)CC1. The summed E-state index contributed by atoms with van der Waals surface area (Å²) in [5.41, 5.74) is 6.49. The second-order valence-corrected chi connectivity index (χ2v) is 5.24. The van der Waals surface area contributed by atoms with E-state index >= 15 is 0 Å². The molecule has 1 aliphatic rings. The highest BCUT2D eigenvalue weighted by molar-refractivity contribution is 5.97. The number of amides is 2. The van der Waals surface area contributed by atoms with Crippen molar-refractivity contribution in [3.8, 4) is 5.69 Å². The number of likely N-dealkylation sites (tertiary alicyclic amines) is 1. The molecule has 2 aromatic rings. The minimum absolute atomic E-state index is 0.0889. The average Bonchev–Trinajstić information content (AvgIpc) is 3.08. The predicted molar refractivity (Wildman–Crippen MR) is 77.0 cm³/mol. The van der Waals surface area contributed by atoms with E-state index in [-0.39, 0.29) is 17.7 Å². The molecule has 1 aromatic heterocycles. The highest BCUT2D eigenvalue weighted by Gasteiger charge is 2.27. The van der Waals surface area contributed by atoms with E-state index in [2.05, 4.69) is 15.5 Å². The third-order valence-electron chi connectivity index (χ3n) is 3.91. The lowest BCUT2D eigenvalue weighted by molar-refractivity contribution is -0.123. The molecule has 1 saturated heterocycles. The molecule has 114 valence electrons. The monoisotopic (exact) mass is 300 g/mol. The maximum atomic E-state index is 12.7. The minimum Gasteiger partial charge on any atom is -0.369 e. The second kappa shape index (κ2) is 5.92. The Labute approximate surface area is 126 Å². The highest BCUT2D eigenvalue weighted by atomic mass is 16.2. The van der Waals surface area contributed by atoms with Gasteiger partial charge >= 0.3 is 0 Å². The van der Waals surface area contributed by atoms with Crippen LogP contribution in [0.25, 0.3) is 5.69 Å². The lowest BCUT2D eigenvalue weighted by atomic mass is 9.95. The molecular formula is C14H16N6O2. The Bertz CT molecular complexity index is 676. The van der Waals surface area contributed by atoms with Crippen LogP contribution in [0.3, 0.4) is 0 Å². The first-order valence-electron chi connectivity index (χ1n) is 7.08. The van der Waals surface area contributed by atoms with Gasteiger partial charge in [0.05, 0.1) is 11.3 Å². The molecule has 8 nitrogen and oxygen atoms in total. The molecule has 0 atom stereocenters. The summed E-state index contributed by atoms with van der Waals surface area (Å²) in [6.07, 6.45) is 2.66. The van der Waals surface area contributed by atoms with Gasteiger partial charge in [-0.3, -0.25) is 9.59 Å². The lowest BCUT2D eigenvalue weighted by Crippen LogP contribution is -2.42. The molecule has 2 heterocycles. The molecular weight excluding hydrogens is 284 g/mol. The fourth-order valence-electron chi connectivity index (χ4n) is 2.66. The van der Waals surface area contributed by atoms with E-state index in [4.69, 9.17) is 5.73 Å². The zero-order valence-corrected chi connectivity index (χ0v) is 11.9. The summed E-state index contributed by atoms with van der Waals surface area (Å²) in [6.45, 7) is 1.05. The molecule has 1 aromatic carbocycles. The van der Waals surface area contributed by atoms with Gasteiger partial charge in [-0.25, -0.2) is 0 Å². The van der Waals surface area contributed by atoms with E-state index in [0.29, 0.717) is 37.2 Å². The Morgan fingerprint density at radius 2 is 1.91 bits per heavy atom. The molecule has 0 unspecified atom stereocenters. The number of nitrogens with two attached hydrogens (primary N) is 1. The molecule has 8 heteroatoms. The molecule has 22 heavy (non-hydrogen) atoms. The number of benzene rings is 1. The smallest absolute Gasteiger partial charge is 0.256 e. The van der Waals surface area contributed by atoms with Gasteiger partial charge < -0.3 is 10.6 Å². The van der Waals surface area contributed by atoms with Crippen LogP contribution >= 0.6 is 0 Å². The van der Waals surface area contributed by atoms with Gasteiger partial charge in [-0.1, -0.05) is 12.1 Å². The van der Waals surface area contributed by atoms with Crippen LogP contribution in [0.5, 0.6) is 0 Å². The highest BCUT2D eigenvalue weighted by Crippen LogP contribution is 2.21. The summed E-state index contributed by atoms with van der Waals surface area (Å²) < 4.78 is 1.46. The van der Waals surface area contributed by atoms with Crippen molar-refractivity contribution in [1.29, 1.82) is 0 Å². The van der Waals surface area contributed by atoms with Crippen LogP contribution in [0.1, 0.15) is 23.2 Å². The molecule has 3 rings (SSSR count). The number of hydrogen-bond acceptors (Lipinski definition) is 5. The maximum absolute atomic E-state index is 12.7. The summed E-state index contributed by atoms with van der Waals surface area (Å²) in [6, 6.07) is 7.17. The third-order valence-corrected chi connectivity index (χ3v) is 3.91. The minimum atomic E-state index is -0.291. The second-order valence-electron chi connectivity index (χ2n) is 5.24. The van der Waals surface area contributed by atoms with Crippen LogP contribution in [-0.2, 0) is 4.79 Å². The van der Waals surface area contributed by atoms with Gasteiger partial charge in [0.15, 0.2) is 0 Å². The average molecular weight is 300 g/mol. The van der Waals surface area contributed by atoms with Crippen molar-refractivity contribution in [2.75, 3.05) is 13.1 Å². The van der Waals surface area contributed by atoms with Crippen LogP contribution in [0, 0.1) is 5.92 Å². The largest absolute Gasteiger partial charge is 0.369 e. The van der Waals surface area contributed by atoms with Gasteiger partial charge in [-0.15, -0.1) is 5.10 Å². The van der Waals surface area contributed by atoms with Gasteiger partial charge in [-0.2, -0.15) is 4.68 Å². The third kappa shape index (κ3) is 2.67. The van der Waals surface area contributed by atoms with Crippen molar-refractivity contribution in [3.63, 3.8) is 0 Å². The summed E-state index contributed by atoms with van der Waals surface area (Å²) in [7, 11) is 0. The standard InChI is InChI=1S/C14H16N6O2/c15-13(21)10-5-7-19(8-6-10)14(22)11-3-1-2-4-12(11)20-9-16-17-18-20/h1-4,9-10H,5-8H2,(H2,15,21). The fraction of sp³-hybridized carbons (Fsp3) is 0.357. The number of hydrogen-bond donors (Lipinski definition) is 1. The number of piperidine rings is 1. The van der Waals surface area contributed by atoms with Gasteiger partial charge in [0, 0.05) is 19.0 Å². The molecule has 0 saturated carbocycles. The number of tetrazole rings is 1. The van der Waals surface area contributed by atoms with Crippen LogP contribution in [0.4, 0.5) is 0 Å². The van der Waals surface area contributed by atoms with Gasteiger partial charge in [-0.05, 0) is 35.4 Å². The Kier molecular flexibility index (Phi) is 3.82. The van der Waals surface area contributed by atoms with Crippen molar-refractivity contribution in [2.45, 2.75) is 12.8 Å². The van der Waals surface area contributed by atoms with E-state index in [9.17, 15) is 9.59 Å². The molecule has 0 radical (unpaired) electrons. The zero-order chi connectivity index (χ0) is 15.5. The number of aromatic nitrogens is 4. The Balaban J connectivity index is 1.81. The molecule has 2 N–H and O–H groups in total. The number of carbonyl (C=O) groups is 2. The summed E-state index contributed by atoms with van der Waals surface area (Å²) >= 11 is 0. The maximum Gasteiger partial charge on any atom is 0.256 e. The number of nitrogens with zero attached hydrogens (tertiary/aromatic N) is 5. The van der Waals surface area contributed by atoms with Crippen LogP contribution in [0.15, 0.2) is 30.6 Å². The Morgan fingerprint density at radius 3 is 2.55 bits per heavy atom. The lowest BCUT2D eigenvalue weighted by Gasteiger charge is -2.31. The molecule has 0 bridgehead atoms. The summed E-state index contributed by atoms with van der Waals surface area (Å²) in [4.78, 5) is 25.7. The van der Waals surface area contributed by atoms with E-state index in [0.717, 1.165) is 0 Å². The molecule has 1 aliphatic heterocycles. The number of carbonyl (C=O) groups excluding carboxylic acids is 2. The zero-order valence-electron chi connectivity index (χ0n) is 11.9. The Hall–Kier alpha value is -2.77. The van der Waals surface area contributed by atoms with Crippen molar-refractivity contribution in [1.82, 2.24) is 25.1 Å². The van der Waals surface area contributed by atoms with Gasteiger partial charge in [0.1, 0.15) is 6.33 Å². The van der Waals surface area contributed by atoms with E-state index in [1.165, 1.54) is 11.0 Å². The summed E-state index contributed by atoms with van der Waals surface area (Å²) in [5, 5.41) is 11.0. The fourth-order valence-corrected chi connectivity index (χ4v) is 2.66. The van der Waals surface area contributed by atoms with Gasteiger partial charge in [0.2, 0.25) is 5.91 Å². The van der Waals surface area contributed by atoms with E-state index in [1.54, 1.807) is 23.1 Å². The molecule has 0 aliphatic carbocycles. The van der Waals surface area contributed by atoms with Crippen molar-refractivity contribution in [2.24, 2.45) is 11.7 Å². The number of rotatable bonds is 3. The Morgan fingerprint density at radius 1 is 1.18 bits per heavy atom. The quantitative estimate of drug-likeness (QED) is 0.858. The van der Waals surface area contributed by atoms with Crippen LogP contribution in [0.2, 0.25) is 0 Å². The number of para-hydroxylation sites is 1. The summed E-state index contributed by atoms with van der Waals surface area (Å²) in [5.74, 6) is -0.519. The first-order valence-corrected chi connectivity index (χ1v) is 7.08. The van der Waals surface area contributed by atoms with Crippen LogP contribution < -0.4 is 5.73 Å².